The highest BCUT2D eigenvalue weighted by Crippen LogP contribution is 2.43. The zero-order valence-electron chi connectivity index (χ0n) is 52.6. The molecule has 10 rings (SSSR count). The highest BCUT2D eigenvalue weighted by Gasteiger charge is 2.26. The van der Waals surface area contributed by atoms with Crippen LogP contribution in [0.5, 0.6) is 0 Å². The number of aromatic nitrogens is 6. The minimum Gasteiger partial charge on any atom is -0.368 e. The number of nitrogens with zero attached hydrogens (tertiary/aromatic N) is 12. The van der Waals surface area contributed by atoms with Crippen LogP contribution in [0, 0.1) is 34.1 Å². The van der Waals surface area contributed by atoms with Crippen LogP contribution in [-0.2, 0) is 30.5 Å². The van der Waals surface area contributed by atoms with Crippen LogP contribution >= 0.6 is 23.1 Å². The summed E-state index contributed by atoms with van der Waals surface area (Å²) in [5.74, 6) is 2.44. The molecule has 0 amide bonds. The molecule has 0 saturated carbocycles. The van der Waals surface area contributed by atoms with Gasteiger partial charge in [0.1, 0.15) is 18.5 Å². The molecule has 0 radical (unpaired) electrons. The van der Waals surface area contributed by atoms with Crippen LogP contribution in [-0.4, -0.2) is 131 Å². The molecule has 2 N–H and O–H groups in total. The summed E-state index contributed by atoms with van der Waals surface area (Å²) < 4.78 is 146. The first-order chi connectivity index (χ1) is 45.6. The number of nitrogens with one attached hydrogen (secondary N) is 2. The monoisotopic (exact) mass is 1450 g/mol. The van der Waals surface area contributed by atoms with Gasteiger partial charge in [-0.25, -0.2) is 19.9 Å². The normalized spacial score (nSPS) is 11.4. The lowest BCUT2D eigenvalue weighted by Gasteiger charge is -2.22. The predicted octanol–water partition coefficient (Wildman–Crippen LogP) is 19.1. The number of nitro groups is 2. The number of para-hydroxylation sites is 2. The van der Waals surface area contributed by atoms with E-state index in [2.05, 4.69) is 99.4 Å². The van der Waals surface area contributed by atoms with E-state index in [-0.39, 0.29) is 21.2 Å². The second-order valence-corrected chi connectivity index (χ2v) is 25.5. The number of aryl methyl sites for hydroxylation is 6. The second kappa shape index (κ2) is 42.6. The SMILES string of the molecule is Cc1cc(N(C)CCN(C)C)c([N+](=O)[O-])cc1Nc1ncc(/C=C/P(C)(C)=O)c(-c2cn3c4c(cccc24)CCC3)n1.Cc1cc(N(C)CCN(C)C)c([N+](=O)[O-])cc1Nc1ncc(Br)c(-c2cn3c4c(cccc24)CCC3)n1.FF.FF.FF.FF.FF.FF.FF.FF. The second-order valence-electron chi connectivity index (χ2n) is 21.5. The molecule has 4 aromatic carbocycles. The largest absolute Gasteiger partial charge is 0.368 e. The minimum atomic E-state index is -2.43. The van der Waals surface area contributed by atoms with Gasteiger partial charge in [0.25, 0.3) is 11.4 Å². The van der Waals surface area contributed by atoms with Gasteiger partial charge in [0.2, 0.25) is 11.9 Å². The van der Waals surface area contributed by atoms with Crippen LogP contribution in [0.1, 0.15) is 40.7 Å². The van der Waals surface area contributed by atoms with Gasteiger partial charge in [0, 0.05) is 191 Å². The molecule has 2 aliphatic rings. The van der Waals surface area contributed by atoms with Crippen LogP contribution in [0.3, 0.4) is 0 Å². The van der Waals surface area contributed by atoms with E-state index in [0.29, 0.717) is 53.4 Å². The Morgan fingerprint density at radius 3 is 1.34 bits per heavy atom. The first-order valence-electron chi connectivity index (χ1n) is 27.5. The maximum absolute atomic E-state index is 12.5. The number of nitro benzene ring substituents is 2. The maximum Gasteiger partial charge on any atom is 0.294 e. The molecule has 19 nitrogen and oxygen atoms in total. The summed E-state index contributed by atoms with van der Waals surface area (Å²) in [4.78, 5) is 50.1. The number of rotatable bonds is 18. The molecule has 6 heterocycles. The van der Waals surface area contributed by atoms with Gasteiger partial charge in [-0.15, -0.1) is 0 Å². The first kappa shape index (κ1) is 84.4. The Kier molecular flexibility index (Phi) is 37.9. The van der Waals surface area contributed by atoms with Crippen molar-refractivity contribution in [3.8, 4) is 22.5 Å². The van der Waals surface area contributed by atoms with Gasteiger partial charge in [-0.3, -0.25) is 20.2 Å². The van der Waals surface area contributed by atoms with Crippen molar-refractivity contribution in [2.75, 3.05) is 102 Å². The Morgan fingerprint density at radius 1 is 0.579 bits per heavy atom. The van der Waals surface area contributed by atoms with Crippen molar-refractivity contribution in [2.45, 2.75) is 52.6 Å². The average Bonchev–Trinajstić information content (AvgIpc) is 1.63. The van der Waals surface area contributed by atoms with Crippen molar-refractivity contribution < 1.29 is 87.6 Å². The predicted molar refractivity (Wildman–Crippen MR) is 342 cm³/mol. The van der Waals surface area contributed by atoms with Gasteiger partial charge in [-0.2, -0.15) is 0 Å². The molecule has 0 fully saturated rings. The maximum atomic E-state index is 12.5. The van der Waals surface area contributed by atoms with Crippen molar-refractivity contribution in [1.82, 2.24) is 38.9 Å². The number of benzene rings is 4. The molecule has 4 aromatic heterocycles. The molecule has 37 heteroatoms. The van der Waals surface area contributed by atoms with Crippen LogP contribution in [0.25, 0.3) is 50.4 Å². The molecule has 0 atom stereocenters. The Hall–Kier alpha value is -8.63. The fraction of sp³-hybridized carbons (Fsp3) is 0.345. The molecule has 0 unspecified atom stereocenters. The molecule has 2 aliphatic heterocycles. The van der Waals surface area contributed by atoms with Gasteiger partial charge in [0.05, 0.1) is 48.1 Å². The molecule has 0 aliphatic carbocycles. The molecular weight excluding hydrogens is 1390 g/mol. The van der Waals surface area contributed by atoms with Crippen molar-refractivity contribution in [2.24, 2.45) is 0 Å². The number of anilines is 6. The first-order valence-corrected chi connectivity index (χ1v) is 30.9. The van der Waals surface area contributed by atoms with E-state index in [1.54, 1.807) is 43.7 Å². The van der Waals surface area contributed by atoms with Crippen LogP contribution in [0.4, 0.5) is 119 Å². The number of likely N-dealkylation sites (N-methyl/N-ethyl adjacent to an activating group) is 4. The van der Waals surface area contributed by atoms with Crippen LogP contribution in [0.15, 0.2) is 95.7 Å². The lowest BCUT2D eigenvalue weighted by atomic mass is 10.0. The van der Waals surface area contributed by atoms with Crippen LogP contribution in [0.2, 0.25) is 0 Å². The van der Waals surface area contributed by atoms with E-state index in [1.807, 2.05) is 89.0 Å². The van der Waals surface area contributed by atoms with Gasteiger partial charge in [-0.05, 0) is 143 Å². The molecular formula is C58H68BrF16N14O5P. The quantitative estimate of drug-likeness (QED) is 0.0355. The standard InChI is InChI=1S/C31H38N7O3P.C27H30BrN7O2.8F2/c1-21-17-27(36(4)15-14-35(2)3)28(38(39)40)18-26(21)33-31-32-19-23(12-16-42(5,6)41)29(34-31)25-20-37-13-8-10-22-9-7-11-24(25)30(22)37;1-17-13-23(33(4)12-11-32(2)3)24(35(36)37)14-22(17)30-27-29-15-21(28)25(31-27)20-16-34-10-6-8-18-7-5-9-19(20)26(18)34;8*1-2/h7,9,11-12,16-20H,8,10,13-15H2,1-6H3,(H,32,33,34);5,7,9,13-16H,6,8,10-12H2,1-4H3,(H,29,30,31);;;;;;;;/b16-12+;;;;;;;;;. The highest BCUT2D eigenvalue weighted by atomic mass is 79.9. The van der Waals surface area contributed by atoms with E-state index >= 15 is 0 Å². The van der Waals surface area contributed by atoms with Gasteiger partial charge < -0.3 is 43.9 Å². The van der Waals surface area contributed by atoms with Crippen LogP contribution < -0.4 is 20.4 Å². The van der Waals surface area contributed by atoms with Crippen molar-refractivity contribution in [3.05, 3.63) is 144 Å². The summed E-state index contributed by atoms with van der Waals surface area (Å²) in [6, 6.07) is 19.6. The van der Waals surface area contributed by atoms with Gasteiger partial charge in [0.15, 0.2) is 0 Å². The molecule has 524 valence electrons. The van der Waals surface area contributed by atoms with E-state index in [0.717, 1.165) is 95.2 Å². The molecule has 0 saturated heterocycles. The fourth-order valence-corrected chi connectivity index (χ4v) is 11.2. The average molecular weight is 1460 g/mol. The van der Waals surface area contributed by atoms with E-state index in [9.17, 15) is 24.8 Å². The third-order valence-corrected chi connectivity index (χ3v) is 15.9. The topological polar surface area (TPSA) is 202 Å². The lowest BCUT2D eigenvalue weighted by molar-refractivity contribution is -0.384. The molecule has 8 aromatic rings. The number of hydrogen-bond donors (Lipinski definition) is 2. The van der Waals surface area contributed by atoms with Gasteiger partial charge >= 0.3 is 0 Å². The Bertz CT molecular complexity index is 3780. The number of hydrogen-bond acceptors (Lipinski definition) is 15. The fourth-order valence-electron chi connectivity index (χ4n) is 10.3. The van der Waals surface area contributed by atoms with Crippen molar-refractivity contribution >= 4 is 97.0 Å². The zero-order valence-corrected chi connectivity index (χ0v) is 55.1. The summed E-state index contributed by atoms with van der Waals surface area (Å²) in [5, 5.41) is 32.8. The molecule has 95 heavy (non-hydrogen) atoms. The summed E-state index contributed by atoms with van der Waals surface area (Å²) in [6.07, 6.45) is 13.9. The molecule has 0 bridgehead atoms. The Balaban J connectivity index is 0.000000789. The van der Waals surface area contributed by atoms with Crippen molar-refractivity contribution in [3.63, 3.8) is 0 Å². The van der Waals surface area contributed by atoms with E-state index < -0.39 is 7.14 Å². The Morgan fingerprint density at radius 2 is 0.958 bits per heavy atom. The Labute approximate surface area is 542 Å². The smallest absolute Gasteiger partial charge is 0.294 e. The zero-order chi connectivity index (χ0) is 72.4. The van der Waals surface area contributed by atoms with E-state index in [4.69, 9.17) is 83.2 Å². The summed E-state index contributed by atoms with van der Waals surface area (Å²) in [5.41, 5.74) is 13.5. The van der Waals surface area contributed by atoms with E-state index in [1.165, 1.54) is 27.5 Å². The summed E-state index contributed by atoms with van der Waals surface area (Å²) in [7, 11) is 9.23. The number of halogens is 17. The highest BCUT2D eigenvalue weighted by molar-refractivity contribution is 9.10. The third-order valence-electron chi connectivity index (χ3n) is 14.5. The lowest BCUT2D eigenvalue weighted by Crippen LogP contribution is -2.29. The van der Waals surface area contributed by atoms with Gasteiger partial charge in [-0.1, -0.05) is 36.4 Å². The molecule has 0 spiro atoms. The minimum absolute atomic E-state index is 0.0137. The van der Waals surface area contributed by atoms with Crippen molar-refractivity contribution in [1.29, 1.82) is 0 Å². The summed E-state index contributed by atoms with van der Waals surface area (Å²) >= 11 is 3.64. The third kappa shape index (κ3) is 22.8. The summed E-state index contributed by atoms with van der Waals surface area (Å²) in [6.45, 7) is 12.1.